The minimum Gasteiger partial charge on any atom is -0.0641 e. The van der Waals surface area contributed by atoms with Crippen molar-refractivity contribution in [2.24, 2.45) is 0 Å². The van der Waals surface area contributed by atoms with Gasteiger partial charge in [0, 0.05) is 5.92 Å². The third-order valence-electron chi connectivity index (χ3n) is 6.66. The Kier molecular flexibility index (Phi) is 6.89. The molecule has 0 saturated heterocycles. The first-order chi connectivity index (χ1) is 16.2. The maximum Gasteiger partial charge on any atom is 0.0278 e. The van der Waals surface area contributed by atoms with Gasteiger partial charge >= 0.3 is 0 Å². The summed E-state index contributed by atoms with van der Waals surface area (Å²) in [5.41, 5.74) is 12.0. The molecule has 0 nitrogen and oxygen atoms in total. The Morgan fingerprint density at radius 2 is 1.12 bits per heavy atom. The second kappa shape index (κ2) is 9.85. The number of allylic oxidation sites excluding steroid dienone is 1. The molecular weight excluding hydrogens is 408 g/mol. The summed E-state index contributed by atoms with van der Waals surface area (Å²) in [6.45, 7) is 13.5. The summed E-state index contributed by atoms with van der Waals surface area (Å²) in [6.07, 6.45) is 2.47. The van der Waals surface area contributed by atoms with Gasteiger partial charge in [-0.1, -0.05) is 129 Å². The molecule has 0 spiro atoms. The molecule has 0 fully saturated rings. The molecule has 0 heterocycles. The highest BCUT2D eigenvalue weighted by Gasteiger charge is 2.19. The average Bonchev–Trinajstić information content (AvgIpc) is 2.81. The van der Waals surface area contributed by atoms with Crippen molar-refractivity contribution >= 4 is 5.57 Å². The smallest absolute Gasteiger partial charge is 0.0278 e. The third kappa shape index (κ3) is 5.23. The highest BCUT2D eigenvalue weighted by Crippen LogP contribution is 2.36. The zero-order valence-electron chi connectivity index (χ0n) is 21.4. The van der Waals surface area contributed by atoms with Crippen LogP contribution in [0.2, 0.25) is 0 Å². The Morgan fingerprint density at radius 1 is 0.647 bits per heavy atom. The molecule has 0 unspecified atom stereocenters. The number of hydrogen-bond donors (Lipinski definition) is 0. The molecule has 0 aliphatic rings. The number of rotatable bonds is 5. The Balaban J connectivity index is 1.96. The van der Waals surface area contributed by atoms with E-state index in [1.165, 1.54) is 50.1 Å². The van der Waals surface area contributed by atoms with E-state index in [0.717, 1.165) is 0 Å². The fourth-order valence-electron chi connectivity index (χ4n) is 4.95. The standard InChI is InChI=1S/C34H36/c1-24-21-25(2)33(26(3)22-24)32(29-17-19-30(20-18-29)34(4,5)6)23-31(27-13-9-7-10-14-27)28-15-11-8-12-16-28/h7-23,31H,1-6H3/b32-23+. The first-order valence-corrected chi connectivity index (χ1v) is 12.2. The van der Waals surface area contributed by atoms with Crippen LogP contribution in [-0.4, -0.2) is 0 Å². The molecular formula is C34H36. The molecule has 0 heteroatoms. The van der Waals surface area contributed by atoms with Crippen molar-refractivity contribution in [3.8, 4) is 0 Å². The van der Waals surface area contributed by atoms with Gasteiger partial charge in [0.25, 0.3) is 0 Å². The van der Waals surface area contributed by atoms with E-state index in [9.17, 15) is 0 Å². The Hall–Kier alpha value is -3.38. The molecule has 34 heavy (non-hydrogen) atoms. The van der Waals surface area contributed by atoms with Gasteiger partial charge in [0.2, 0.25) is 0 Å². The lowest BCUT2D eigenvalue weighted by Gasteiger charge is -2.22. The predicted octanol–water partition coefficient (Wildman–Crippen LogP) is 9.17. The summed E-state index contributed by atoms with van der Waals surface area (Å²) in [7, 11) is 0. The molecule has 172 valence electrons. The molecule has 0 atom stereocenters. The lowest BCUT2D eigenvalue weighted by Crippen LogP contribution is -2.10. The molecule has 0 amide bonds. The molecule has 0 bridgehead atoms. The van der Waals surface area contributed by atoms with E-state index < -0.39 is 0 Å². The summed E-state index contributed by atoms with van der Waals surface area (Å²) >= 11 is 0. The van der Waals surface area contributed by atoms with Crippen molar-refractivity contribution in [3.63, 3.8) is 0 Å². The Labute approximate surface area is 206 Å². The van der Waals surface area contributed by atoms with E-state index in [-0.39, 0.29) is 11.3 Å². The topological polar surface area (TPSA) is 0 Å². The fourth-order valence-corrected chi connectivity index (χ4v) is 4.95. The second-order valence-corrected chi connectivity index (χ2v) is 10.5. The number of aryl methyl sites for hydroxylation is 3. The van der Waals surface area contributed by atoms with Crippen molar-refractivity contribution in [1.82, 2.24) is 0 Å². The molecule has 0 aliphatic heterocycles. The molecule has 0 aliphatic carbocycles. The van der Waals surface area contributed by atoms with Crippen LogP contribution in [0.25, 0.3) is 5.57 Å². The minimum absolute atomic E-state index is 0.134. The van der Waals surface area contributed by atoms with Crippen molar-refractivity contribution in [2.75, 3.05) is 0 Å². The van der Waals surface area contributed by atoms with Crippen molar-refractivity contribution in [2.45, 2.75) is 52.9 Å². The highest BCUT2D eigenvalue weighted by atomic mass is 14.2. The van der Waals surface area contributed by atoms with E-state index in [1.807, 2.05) is 0 Å². The zero-order chi connectivity index (χ0) is 24.3. The molecule has 4 rings (SSSR count). The normalized spacial score (nSPS) is 12.3. The lowest BCUT2D eigenvalue weighted by molar-refractivity contribution is 0.590. The van der Waals surface area contributed by atoms with Gasteiger partial charge in [0.15, 0.2) is 0 Å². The van der Waals surface area contributed by atoms with Crippen molar-refractivity contribution in [3.05, 3.63) is 148 Å². The van der Waals surface area contributed by atoms with E-state index in [0.29, 0.717) is 0 Å². The van der Waals surface area contributed by atoms with Gasteiger partial charge in [-0.05, 0) is 70.7 Å². The summed E-state index contributed by atoms with van der Waals surface area (Å²) < 4.78 is 0. The van der Waals surface area contributed by atoms with Crippen LogP contribution in [0.4, 0.5) is 0 Å². The number of hydrogen-bond acceptors (Lipinski definition) is 0. The Morgan fingerprint density at radius 3 is 1.56 bits per heavy atom. The van der Waals surface area contributed by atoms with E-state index >= 15 is 0 Å². The van der Waals surface area contributed by atoms with Gasteiger partial charge in [0.1, 0.15) is 0 Å². The molecule has 0 aromatic heterocycles. The van der Waals surface area contributed by atoms with Crippen LogP contribution in [0.1, 0.15) is 71.2 Å². The zero-order valence-corrected chi connectivity index (χ0v) is 21.4. The summed E-state index contributed by atoms with van der Waals surface area (Å²) in [4.78, 5) is 0. The van der Waals surface area contributed by atoms with E-state index in [4.69, 9.17) is 0 Å². The van der Waals surface area contributed by atoms with Crippen LogP contribution in [-0.2, 0) is 5.41 Å². The first kappa shape index (κ1) is 23.8. The summed E-state index contributed by atoms with van der Waals surface area (Å²) in [5.74, 6) is 0.166. The largest absolute Gasteiger partial charge is 0.0641 e. The molecule has 0 N–H and O–H groups in total. The summed E-state index contributed by atoms with van der Waals surface area (Å²) in [5, 5.41) is 0. The molecule has 4 aromatic rings. The molecule has 0 saturated carbocycles. The fraction of sp³-hybridized carbons (Fsp3) is 0.235. The predicted molar refractivity (Wildman–Crippen MR) is 148 cm³/mol. The molecule has 4 aromatic carbocycles. The SMILES string of the molecule is Cc1cc(C)c(/C(=C/C(c2ccccc2)c2ccccc2)c2ccc(C(C)(C)C)cc2)c(C)c1. The second-order valence-electron chi connectivity index (χ2n) is 10.5. The summed E-state index contributed by atoms with van der Waals surface area (Å²) in [6, 6.07) is 35.5. The minimum atomic E-state index is 0.134. The van der Waals surface area contributed by atoms with Crippen LogP contribution in [0.3, 0.4) is 0 Å². The maximum absolute atomic E-state index is 2.47. The van der Waals surface area contributed by atoms with Crippen LogP contribution in [0, 0.1) is 20.8 Å². The quantitative estimate of drug-likeness (QED) is 0.288. The third-order valence-corrected chi connectivity index (χ3v) is 6.66. The van der Waals surface area contributed by atoms with Gasteiger partial charge in [-0.15, -0.1) is 0 Å². The van der Waals surface area contributed by atoms with Crippen LogP contribution < -0.4 is 0 Å². The van der Waals surface area contributed by atoms with E-state index in [2.05, 4.69) is 145 Å². The van der Waals surface area contributed by atoms with Gasteiger partial charge in [-0.2, -0.15) is 0 Å². The highest BCUT2D eigenvalue weighted by molar-refractivity contribution is 5.84. The van der Waals surface area contributed by atoms with Gasteiger partial charge < -0.3 is 0 Å². The average molecular weight is 445 g/mol. The first-order valence-electron chi connectivity index (χ1n) is 12.2. The van der Waals surface area contributed by atoms with Crippen LogP contribution >= 0.6 is 0 Å². The van der Waals surface area contributed by atoms with E-state index in [1.54, 1.807) is 0 Å². The Bertz CT molecular complexity index is 1210. The van der Waals surface area contributed by atoms with Crippen molar-refractivity contribution in [1.29, 1.82) is 0 Å². The monoisotopic (exact) mass is 444 g/mol. The van der Waals surface area contributed by atoms with Gasteiger partial charge in [-0.25, -0.2) is 0 Å². The van der Waals surface area contributed by atoms with Crippen LogP contribution in [0.15, 0.2) is 103 Å². The number of benzene rings is 4. The lowest BCUT2D eigenvalue weighted by atomic mass is 9.82. The molecule has 0 radical (unpaired) electrons. The maximum atomic E-state index is 2.47. The van der Waals surface area contributed by atoms with Gasteiger partial charge in [0.05, 0.1) is 0 Å². The van der Waals surface area contributed by atoms with Crippen molar-refractivity contribution < 1.29 is 0 Å². The van der Waals surface area contributed by atoms with Gasteiger partial charge in [-0.3, -0.25) is 0 Å². The van der Waals surface area contributed by atoms with Crippen LogP contribution in [0.5, 0.6) is 0 Å².